The molecule has 1 aliphatic heterocycles. The molecule has 43 heavy (non-hydrogen) atoms. The van der Waals surface area contributed by atoms with Crippen LogP contribution in [0.3, 0.4) is 0 Å². The zero-order valence-electron chi connectivity index (χ0n) is 23.3. The molecule has 3 aromatic rings. The molecule has 228 valence electrons. The van der Waals surface area contributed by atoms with Gasteiger partial charge in [0.15, 0.2) is 0 Å². The second-order valence-corrected chi connectivity index (χ2v) is 15.0. The maximum atomic E-state index is 13.5. The van der Waals surface area contributed by atoms with Crippen molar-refractivity contribution < 1.29 is 27.1 Å². The van der Waals surface area contributed by atoms with Crippen LogP contribution in [0.15, 0.2) is 42.6 Å². The van der Waals surface area contributed by atoms with Crippen LogP contribution in [0.25, 0.3) is 21.1 Å². The van der Waals surface area contributed by atoms with Crippen molar-refractivity contribution in [3.63, 3.8) is 0 Å². The van der Waals surface area contributed by atoms with E-state index in [0.717, 1.165) is 53.3 Å². The largest absolute Gasteiger partial charge is 0.417 e. The highest BCUT2D eigenvalue weighted by Crippen LogP contribution is 2.47. The molecular weight excluding hydrogens is 599 g/mol. The van der Waals surface area contributed by atoms with E-state index in [1.165, 1.54) is 17.4 Å². The summed E-state index contributed by atoms with van der Waals surface area (Å²) in [6.45, 7) is 1.08. The summed E-state index contributed by atoms with van der Waals surface area (Å²) in [4.78, 5) is 25.4. The van der Waals surface area contributed by atoms with Crippen molar-refractivity contribution in [1.29, 1.82) is 5.26 Å². The number of halogens is 3. The van der Waals surface area contributed by atoms with Crippen molar-refractivity contribution in [3.8, 4) is 27.2 Å². The first-order valence-electron chi connectivity index (χ1n) is 14.3. The number of aromatic nitrogens is 2. The van der Waals surface area contributed by atoms with Gasteiger partial charge in [-0.05, 0) is 55.5 Å². The zero-order valence-corrected chi connectivity index (χ0v) is 24.9. The summed E-state index contributed by atoms with van der Waals surface area (Å²) in [5.41, 5.74) is 1.26. The minimum atomic E-state index is -4.50. The highest BCUT2D eigenvalue weighted by Gasteiger charge is 2.47. The summed E-state index contributed by atoms with van der Waals surface area (Å²) < 4.78 is 59.5. The maximum Gasteiger partial charge on any atom is 0.417 e. The molecule has 1 amide bonds. The van der Waals surface area contributed by atoms with E-state index in [4.69, 9.17) is 4.98 Å². The van der Waals surface area contributed by atoms with E-state index in [9.17, 15) is 32.3 Å². The summed E-state index contributed by atoms with van der Waals surface area (Å²) in [5.74, 6) is -0.0839. The third-order valence-electron chi connectivity index (χ3n) is 8.61. The normalized spacial score (nSPS) is 23.7. The van der Waals surface area contributed by atoms with Crippen LogP contribution < -0.4 is 10.2 Å². The number of thiazole rings is 1. The van der Waals surface area contributed by atoms with Gasteiger partial charge in [-0.1, -0.05) is 25.0 Å². The van der Waals surface area contributed by atoms with Gasteiger partial charge in [0.2, 0.25) is 5.91 Å². The van der Waals surface area contributed by atoms with Crippen LogP contribution in [0, 0.1) is 17.2 Å². The third-order valence-corrected chi connectivity index (χ3v) is 11.4. The number of nitrogens with one attached hydrogen (secondary N) is 1. The minimum absolute atomic E-state index is 0.150. The Kier molecular flexibility index (Phi) is 7.91. The quantitative estimate of drug-likeness (QED) is 0.270. The number of hydrogen-bond acceptors (Lipinski definition) is 8. The maximum absolute atomic E-state index is 13.5. The summed E-state index contributed by atoms with van der Waals surface area (Å²) in [7, 11) is -2.52. The molecule has 1 aromatic carbocycles. The Bertz CT molecular complexity index is 1520. The van der Waals surface area contributed by atoms with E-state index in [1.54, 1.807) is 0 Å². The summed E-state index contributed by atoms with van der Waals surface area (Å²) in [6, 6.07) is 12.4. The van der Waals surface area contributed by atoms with Gasteiger partial charge in [0.25, 0.3) is 0 Å². The Labute approximate surface area is 253 Å². The number of alkyl halides is 3. The standard InChI is InChI=1S/C30H32F3N5O3S2/c31-30(32,33)20-7-10-24(35-17-20)28-36-25(22-3-1-2-4-23(22)27(39)37-29(18-34)11-12-29)26(42-28)19-5-8-21(9-6-19)38-13-15-43(40,41)16-14-38/h5-10,17,22-23,40-41H,1-4,11-16H2,(H,37,39)/t22-,23-/m1/s1. The van der Waals surface area contributed by atoms with E-state index in [1.807, 2.05) is 24.3 Å². The molecule has 0 radical (unpaired) electrons. The van der Waals surface area contributed by atoms with Crippen molar-refractivity contribution in [2.45, 2.75) is 56.2 Å². The van der Waals surface area contributed by atoms with Gasteiger partial charge >= 0.3 is 6.18 Å². The number of rotatable bonds is 6. The summed E-state index contributed by atoms with van der Waals surface area (Å²) in [5, 5.41) is 13.0. The number of amides is 1. The molecule has 2 saturated carbocycles. The number of carbonyl (C=O) groups excluding carboxylic acids is 1. The Morgan fingerprint density at radius 2 is 1.79 bits per heavy atom. The van der Waals surface area contributed by atoms with Crippen LogP contribution >= 0.6 is 21.9 Å². The fourth-order valence-electron chi connectivity index (χ4n) is 5.89. The van der Waals surface area contributed by atoms with Gasteiger partial charge in [-0.3, -0.25) is 18.9 Å². The van der Waals surface area contributed by atoms with Gasteiger partial charge in [-0.2, -0.15) is 29.0 Å². The highest BCUT2D eigenvalue weighted by atomic mass is 32.3. The molecular formula is C30H32F3N5O3S2. The Morgan fingerprint density at radius 3 is 2.40 bits per heavy atom. The van der Waals surface area contributed by atoms with Gasteiger partial charge in [-0.15, -0.1) is 11.3 Å². The minimum Gasteiger partial charge on any atom is -0.368 e. The van der Waals surface area contributed by atoms with Crippen LogP contribution in [-0.2, 0) is 11.0 Å². The second-order valence-electron chi connectivity index (χ2n) is 11.6. The Balaban J connectivity index is 1.35. The van der Waals surface area contributed by atoms with E-state index in [0.29, 0.717) is 54.6 Å². The third kappa shape index (κ3) is 6.38. The van der Waals surface area contributed by atoms with Crippen LogP contribution in [0.2, 0.25) is 0 Å². The molecule has 13 heteroatoms. The number of nitrogens with zero attached hydrogens (tertiary/aromatic N) is 4. The van der Waals surface area contributed by atoms with Crippen LogP contribution in [-0.4, -0.2) is 55.1 Å². The first-order chi connectivity index (χ1) is 20.5. The molecule has 8 nitrogen and oxygen atoms in total. The van der Waals surface area contributed by atoms with Crippen molar-refractivity contribution in [2.24, 2.45) is 5.92 Å². The van der Waals surface area contributed by atoms with Crippen molar-refractivity contribution in [3.05, 3.63) is 53.9 Å². The molecule has 2 aliphatic carbocycles. The number of benzene rings is 1. The lowest BCUT2D eigenvalue weighted by Gasteiger charge is -2.41. The number of nitriles is 1. The van der Waals surface area contributed by atoms with Crippen molar-refractivity contribution in [1.82, 2.24) is 15.3 Å². The Morgan fingerprint density at radius 1 is 1.09 bits per heavy atom. The molecule has 0 spiro atoms. The summed E-state index contributed by atoms with van der Waals surface area (Å²) >= 11 is 1.34. The van der Waals surface area contributed by atoms with Crippen LogP contribution in [0.4, 0.5) is 18.9 Å². The average molecular weight is 632 g/mol. The topological polar surface area (TPSA) is 122 Å². The monoisotopic (exact) mass is 631 g/mol. The molecule has 0 bridgehead atoms. The molecule has 3 aliphatic rings. The van der Waals surface area contributed by atoms with Gasteiger partial charge < -0.3 is 10.2 Å². The number of hydrogen-bond donors (Lipinski definition) is 3. The molecule has 1 saturated heterocycles. The number of anilines is 1. The van der Waals surface area contributed by atoms with Crippen LogP contribution in [0.5, 0.6) is 0 Å². The summed E-state index contributed by atoms with van der Waals surface area (Å²) in [6.07, 6.45) is 0.783. The predicted molar refractivity (Wildman–Crippen MR) is 161 cm³/mol. The average Bonchev–Trinajstić information content (AvgIpc) is 3.63. The highest BCUT2D eigenvalue weighted by molar-refractivity contribution is 8.24. The molecule has 3 N–H and O–H groups in total. The first kappa shape index (κ1) is 29.9. The predicted octanol–water partition coefficient (Wildman–Crippen LogP) is 6.91. The van der Waals surface area contributed by atoms with E-state index < -0.39 is 27.9 Å². The molecule has 2 atom stereocenters. The van der Waals surface area contributed by atoms with Gasteiger partial charge in [0.05, 0.1) is 39.4 Å². The van der Waals surface area contributed by atoms with E-state index in [-0.39, 0.29) is 17.7 Å². The lowest BCUT2D eigenvalue weighted by Crippen LogP contribution is -2.42. The zero-order chi connectivity index (χ0) is 30.4. The lowest BCUT2D eigenvalue weighted by atomic mass is 9.76. The smallest absolute Gasteiger partial charge is 0.368 e. The Hall–Kier alpha value is -3.18. The second kappa shape index (κ2) is 11.4. The molecule has 3 heterocycles. The van der Waals surface area contributed by atoms with E-state index >= 15 is 0 Å². The SMILES string of the molecule is N#CC1(NC(=O)[C@@H]2CCCC[C@H]2c2nc(-c3ccc(C(F)(F)F)cn3)sc2-c2ccc(N3CCS(O)(O)CC3)cc2)CC1. The van der Waals surface area contributed by atoms with Crippen molar-refractivity contribution in [2.75, 3.05) is 29.5 Å². The lowest BCUT2D eigenvalue weighted by molar-refractivity contribution is -0.137. The number of carbonyl (C=O) groups is 1. The molecule has 0 unspecified atom stereocenters. The molecule has 6 rings (SSSR count). The van der Waals surface area contributed by atoms with Gasteiger partial charge in [0.1, 0.15) is 10.5 Å². The van der Waals surface area contributed by atoms with Crippen LogP contribution in [0.1, 0.15) is 55.7 Å². The van der Waals surface area contributed by atoms with Gasteiger partial charge in [-0.25, -0.2) is 4.98 Å². The van der Waals surface area contributed by atoms with E-state index in [2.05, 4.69) is 21.3 Å². The number of pyridine rings is 1. The fourth-order valence-corrected chi connectivity index (χ4v) is 8.23. The molecule has 3 fully saturated rings. The van der Waals surface area contributed by atoms with Crippen molar-refractivity contribution >= 4 is 33.5 Å². The fraction of sp³-hybridized carbons (Fsp3) is 0.467. The first-order valence-corrected chi connectivity index (χ1v) is 17.0. The molecule has 2 aromatic heterocycles. The van der Waals surface area contributed by atoms with Gasteiger partial charge in [0, 0.05) is 36.8 Å².